The quantitative estimate of drug-likeness (QED) is 0.594. The zero-order valence-corrected chi connectivity index (χ0v) is 15.3. The Kier molecular flexibility index (Phi) is 4.45. The van der Waals surface area contributed by atoms with Crippen LogP contribution in [0, 0.1) is 6.92 Å². The molecule has 146 valence electrons. The van der Waals surface area contributed by atoms with E-state index in [9.17, 15) is 22.8 Å². The maximum Gasteiger partial charge on any atom is 0.416 e. The molecule has 2 aromatic carbocycles. The molecule has 3 aromatic rings. The number of benzene rings is 2. The Morgan fingerprint density at radius 3 is 1.97 bits per heavy atom. The molecular formula is C22H15F3N2O2. The summed E-state index contributed by atoms with van der Waals surface area (Å²) < 4.78 is 38.2. The van der Waals surface area contributed by atoms with Crippen molar-refractivity contribution in [3.8, 4) is 11.3 Å². The van der Waals surface area contributed by atoms with Gasteiger partial charge in [0.15, 0.2) is 0 Å². The van der Waals surface area contributed by atoms with Gasteiger partial charge in [-0.2, -0.15) is 13.2 Å². The molecule has 0 aliphatic carbocycles. The molecule has 0 spiro atoms. The Balaban J connectivity index is 1.57. The highest BCUT2D eigenvalue weighted by molar-refractivity contribution is 6.21. The van der Waals surface area contributed by atoms with Gasteiger partial charge < -0.3 is 0 Å². The van der Waals surface area contributed by atoms with Gasteiger partial charge in [-0.15, -0.1) is 0 Å². The molecule has 1 aliphatic heterocycles. The first-order valence-electron chi connectivity index (χ1n) is 8.85. The summed E-state index contributed by atoms with van der Waals surface area (Å²) in [5.74, 6) is -0.700. The van der Waals surface area contributed by atoms with Gasteiger partial charge in [-0.25, -0.2) is 0 Å². The Morgan fingerprint density at radius 2 is 1.45 bits per heavy atom. The van der Waals surface area contributed by atoms with Gasteiger partial charge in [0.05, 0.1) is 28.9 Å². The summed E-state index contributed by atoms with van der Waals surface area (Å²) in [6.07, 6.45) is -4.39. The summed E-state index contributed by atoms with van der Waals surface area (Å²) in [5, 5.41) is 0. The van der Waals surface area contributed by atoms with Crippen molar-refractivity contribution in [3.63, 3.8) is 0 Å². The van der Waals surface area contributed by atoms with Crippen molar-refractivity contribution in [2.24, 2.45) is 0 Å². The van der Waals surface area contributed by atoms with E-state index in [4.69, 9.17) is 0 Å². The molecular weight excluding hydrogens is 381 g/mol. The summed E-state index contributed by atoms with van der Waals surface area (Å²) in [5.41, 5.74) is 2.39. The number of rotatable bonds is 3. The van der Waals surface area contributed by atoms with Crippen LogP contribution in [0.25, 0.3) is 11.3 Å². The van der Waals surface area contributed by atoms with E-state index in [0.717, 1.165) is 12.1 Å². The third-order valence-electron chi connectivity index (χ3n) is 4.91. The van der Waals surface area contributed by atoms with Crippen LogP contribution in [0.5, 0.6) is 0 Å². The first-order valence-corrected chi connectivity index (χ1v) is 8.85. The predicted molar refractivity (Wildman–Crippen MR) is 100 cm³/mol. The van der Waals surface area contributed by atoms with Gasteiger partial charge >= 0.3 is 6.18 Å². The molecule has 0 atom stereocenters. The summed E-state index contributed by atoms with van der Waals surface area (Å²) in [4.78, 5) is 30.7. The Labute approximate surface area is 164 Å². The minimum absolute atomic E-state index is 0.0818. The molecule has 7 heteroatoms. The third kappa shape index (κ3) is 3.40. The lowest BCUT2D eigenvalue weighted by Gasteiger charge is -2.16. The fourth-order valence-corrected chi connectivity index (χ4v) is 3.30. The van der Waals surface area contributed by atoms with Crippen molar-refractivity contribution in [2.45, 2.75) is 19.6 Å². The summed E-state index contributed by atoms with van der Waals surface area (Å²) in [6.45, 7) is 1.82. The number of alkyl halides is 3. The molecule has 0 N–H and O–H groups in total. The van der Waals surface area contributed by atoms with E-state index in [0.29, 0.717) is 33.6 Å². The van der Waals surface area contributed by atoms with Gasteiger partial charge in [-0.3, -0.25) is 19.5 Å². The Bertz CT molecular complexity index is 1090. The van der Waals surface area contributed by atoms with Crippen LogP contribution in [0.3, 0.4) is 0 Å². The van der Waals surface area contributed by atoms with Crippen molar-refractivity contribution in [3.05, 3.63) is 88.6 Å². The molecule has 0 radical (unpaired) electrons. The smallest absolute Gasteiger partial charge is 0.270 e. The molecule has 0 unspecified atom stereocenters. The fraction of sp³-hybridized carbons (Fsp3) is 0.136. The number of hydrogen-bond acceptors (Lipinski definition) is 3. The molecule has 2 heterocycles. The number of carbonyl (C=O) groups excluding carboxylic acids is 2. The fourth-order valence-electron chi connectivity index (χ4n) is 3.30. The topological polar surface area (TPSA) is 50.3 Å². The standard InChI is InChI=1S/C22H15F3N2O2/c1-13-15(12-27-20(28)17-4-2-3-5-18(17)21(27)29)8-11-19(26-13)14-6-9-16(10-7-14)22(23,24)25/h2-11H,12H2,1H3. The number of amides is 2. The number of aromatic nitrogens is 1. The molecule has 29 heavy (non-hydrogen) atoms. The van der Waals surface area contributed by atoms with Crippen LogP contribution in [-0.2, 0) is 12.7 Å². The molecule has 2 amide bonds. The minimum atomic E-state index is -4.39. The van der Waals surface area contributed by atoms with E-state index in [1.807, 2.05) is 0 Å². The second-order valence-electron chi connectivity index (χ2n) is 6.76. The van der Waals surface area contributed by atoms with E-state index >= 15 is 0 Å². The van der Waals surface area contributed by atoms with Crippen LogP contribution >= 0.6 is 0 Å². The van der Waals surface area contributed by atoms with Gasteiger partial charge in [0.2, 0.25) is 0 Å². The molecule has 0 saturated heterocycles. The molecule has 0 saturated carbocycles. The molecule has 0 fully saturated rings. The monoisotopic (exact) mass is 396 g/mol. The van der Waals surface area contributed by atoms with Crippen molar-refractivity contribution in [2.75, 3.05) is 0 Å². The maximum atomic E-state index is 12.7. The van der Waals surface area contributed by atoms with E-state index in [1.165, 1.54) is 17.0 Å². The third-order valence-corrected chi connectivity index (χ3v) is 4.91. The van der Waals surface area contributed by atoms with Gasteiger partial charge in [-0.05, 0) is 42.8 Å². The second-order valence-corrected chi connectivity index (χ2v) is 6.76. The average molecular weight is 396 g/mol. The highest BCUT2D eigenvalue weighted by atomic mass is 19.4. The lowest BCUT2D eigenvalue weighted by molar-refractivity contribution is -0.137. The van der Waals surface area contributed by atoms with E-state index in [1.54, 1.807) is 43.3 Å². The highest BCUT2D eigenvalue weighted by Gasteiger charge is 2.35. The molecule has 4 rings (SSSR count). The number of imide groups is 1. The summed E-state index contributed by atoms with van der Waals surface area (Å²) in [7, 11) is 0. The molecule has 4 nitrogen and oxygen atoms in total. The number of aryl methyl sites for hydroxylation is 1. The second kappa shape index (κ2) is 6.84. The Morgan fingerprint density at radius 1 is 0.862 bits per heavy atom. The van der Waals surface area contributed by atoms with Crippen LogP contribution in [0.4, 0.5) is 13.2 Å². The van der Waals surface area contributed by atoms with Crippen LogP contribution in [0.1, 0.15) is 37.5 Å². The highest BCUT2D eigenvalue weighted by Crippen LogP contribution is 2.31. The van der Waals surface area contributed by atoms with E-state index < -0.39 is 11.7 Å². The predicted octanol–water partition coefficient (Wildman–Crippen LogP) is 4.87. The average Bonchev–Trinajstić information content (AvgIpc) is 2.94. The van der Waals surface area contributed by atoms with Gasteiger partial charge in [0.25, 0.3) is 11.8 Å². The van der Waals surface area contributed by atoms with Crippen LogP contribution in [-0.4, -0.2) is 21.7 Å². The zero-order valence-electron chi connectivity index (χ0n) is 15.3. The summed E-state index contributed by atoms with van der Waals surface area (Å²) in [6, 6.07) is 14.8. The van der Waals surface area contributed by atoms with Crippen LogP contribution in [0.2, 0.25) is 0 Å². The van der Waals surface area contributed by atoms with E-state index in [2.05, 4.69) is 4.98 Å². The Hall–Kier alpha value is -3.48. The zero-order chi connectivity index (χ0) is 20.8. The maximum absolute atomic E-state index is 12.7. The lowest BCUT2D eigenvalue weighted by Crippen LogP contribution is -2.29. The van der Waals surface area contributed by atoms with Crippen LogP contribution in [0.15, 0.2) is 60.7 Å². The van der Waals surface area contributed by atoms with Gasteiger partial charge in [0, 0.05) is 11.3 Å². The molecule has 0 bridgehead atoms. The number of halogens is 3. The number of carbonyl (C=O) groups is 2. The first kappa shape index (κ1) is 18.9. The number of hydrogen-bond donors (Lipinski definition) is 0. The van der Waals surface area contributed by atoms with Crippen molar-refractivity contribution >= 4 is 11.8 Å². The molecule has 1 aromatic heterocycles. The van der Waals surface area contributed by atoms with Crippen molar-refractivity contribution in [1.82, 2.24) is 9.88 Å². The van der Waals surface area contributed by atoms with Crippen molar-refractivity contribution < 1.29 is 22.8 Å². The largest absolute Gasteiger partial charge is 0.416 e. The van der Waals surface area contributed by atoms with Gasteiger partial charge in [0.1, 0.15) is 0 Å². The number of pyridine rings is 1. The first-order chi connectivity index (χ1) is 13.8. The number of fused-ring (bicyclic) bond motifs is 1. The van der Waals surface area contributed by atoms with E-state index in [-0.39, 0.29) is 18.4 Å². The van der Waals surface area contributed by atoms with Crippen molar-refractivity contribution in [1.29, 1.82) is 0 Å². The van der Waals surface area contributed by atoms with Crippen LogP contribution < -0.4 is 0 Å². The number of nitrogens with zero attached hydrogens (tertiary/aromatic N) is 2. The lowest BCUT2D eigenvalue weighted by atomic mass is 10.1. The van der Waals surface area contributed by atoms with Gasteiger partial charge in [-0.1, -0.05) is 30.3 Å². The minimum Gasteiger partial charge on any atom is -0.270 e. The SMILES string of the molecule is Cc1nc(-c2ccc(C(F)(F)F)cc2)ccc1CN1C(=O)c2ccccc2C1=O. The normalized spacial score (nSPS) is 13.7. The molecule has 1 aliphatic rings. The summed E-state index contributed by atoms with van der Waals surface area (Å²) >= 11 is 0.